The van der Waals surface area contributed by atoms with Gasteiger partial charge in [0.2, 0.25) is 0 Å². The van der Waals surface area contributed by atoms with Crippen molar-refractivity contribution in [2.75, 3.05) is 26.2 Å². The maximum atomic E-state index is 13.2. The smallest absolute Gasteiger partial charge is 0.310 e. The van der Waals surface area contributed by atoms with Crippen molar-refractivity contribution in [1.29, 1.82) is 0 Å². The highest BCUT2D eigenvalue weighted by molar-refractivity contribution is 5.76. The molecule has 0 amide bonds. The molecular weight excluding hydrogens is 393 g/mol. The summed E-state index contributed by atoms with van der Waals surface area (Å²) >= 11 is 0. The fourth-order valence-corrected chi connectivity index (χ4v) is 7.25. The molecular formula is C26H32FNO3. The van der Waals surface area contributed by atoms with Crippen LogP contribution in [0.3, 0.4) is 0 Å². The summed E-state index contributed by atoms with van der Waals surface area (Å²) in [4.78, 5) is 15.3. The van der Waals surface area contributed by atoms with Crippen LogP contribution in [0.25, 0.3) is 5.57 Å². The van der Waals surface area contributed by atoms with Gasteiger partial charge in [0, 0.05) is 25.6 Å². The highest BCUT2D eigenvalue weighted by Gasteiger charge is 2.65. The second-order valence-corrected chi connectivity index (χ2v) is 10.8. The predicted molar refractivity (Wildman–Crippen MR) is 116 cm³/mol. The van der Waals surface area contributed by atoms with Gasteiger partial charge in [0.15, 0.2) is 0 Å². The number of ether oxygens (including phenoxy) is 2. The normalized spacial score (nSPS) is 42.0. The SMILES string of the molecule is C[C@]12CCC[C@]3(CO3)[C@@H]1C[C@H]1[C@@H](C2)OC(=O)[C@@H]1CN1CC=C(c2ccc(F)cc2)CC1. The van der Waals surface area contributed by atoms with Gasteiger partial charge in [-0.05, 0) is 73.1 Å². The Bertz CT molecular complexity index is 908. The number of fused-ring (bicyclic) bond motifs is 3. The maximum Gasteiger partial charge on any atom is 0.310 e. The van der Waals surface area contributed by atoms with Crippen LogP contribution in [0.15, 0.2) is 30.3 Å². The summed E-state index contributed by atoms with van der Waals surface area (Å²) in [7, 11) is 0. The largest absolute Gasteiger partial charge is 0.462 e. The Morgan fingerprint density at radius 1 is 1.23 bits per heavy atom. The van der Waals surface area contributed by atoms with Crippen LogP contribution in [0, 0.1) is 29.0 Å². The number of carbonyl (C=O) groups is 1. The van der Waals surface area contributed by atoms with E-state index in [2.05, 4.69) is 17.9 Å². The molecule has 4 nitrogen and oxygen atoms in total. The molecule has 1 aromatic carbocycles. The van der Waals surface area contributed by atoms with E-state index in [0.717, 1.165) is 51.1 Å². The van der Waals surface area contributed by atoms with E-state index in [4.69, 9.17) is 9.47 Å². The van der Waals surface area contributed by atoms with Gasteiger partial charge in [-0.2, -0.15) is 0 Å². The molecule has 2 saturated carbocycles. The average molecular weight is 426 g/mol. The molecule has 5 aliphatic rings. The fraction of sp³-hybridized carbons (Fsp3) is 0.654. The van der Waals surface area contributed by atoms with Crippen LogP contribution in [0.1, 0.15) is 51.0 Å². The van der Waals surface area contributed by atoms with Gasteiger partial charge >= 0.3 is 5.97 Å². The summed E-state index contributed by atoms with van der Waals surface area (Å²) in [5.41, 5.74) is 2.72. The van der Waals surface area contributed by atoms with Gasteiger partial charge in [-0.1, -0.05) is 25.1 Å². The Hall–Kier alpha value is -1.72. The Balaban J connectivity index is 1.15. The Morgan fingerprint density at radius 2 is 2.03 bits per heavy atom. The summed E-state index contributed by atoms with van der Waals surface area (Å²) in [6, 6.07) is 6.76. The van der Waals surface area contributed by atoms with Crippen molar-refractivity contribution < 1.29 is 18.7 Å². The number of esters is 1. The Labute approximate surface area is 183 Å². The second-order valence-electron chi connectivity index (χ2n) is 10.8. The first-order valence-corrected chi connectivity index (χ1v) is 12.0. The predicted octanol–water partition coefficient (Wildman–Crippen LogP) is 4.44. The zero-order valence-electron chi connectivity index (χ0n) is 18.3. The first kappa shape index (κ1) is 19.9. The van der Waals surface area contributed by atoms with Crippen LogP contribution in [0.2, 0.25) is 0 Å². The zero-order chi connectivity index (χ0) is 21.2. The Kier molecular flexibility index (Phi) is 4.59. The molecule has 1 aromatic rings. The lowest BCUT2D eigenvalue weighted by atomic mass is 9.53. The molecule has 3 aliphatic heterocycles. The van der Waals surface area contributed by atoms with Gasteiger partial charge in [-0.15, -0.1) is 0 Å². The van der Waals surface area contributed by atoms with Crippen LogP contribution in [0.4, 0.5) is 4.39 Å². The molecule has 2 saturated heterocycles. The van der Waals surface area contributed by atoms with Crippen LogP contribution < -0.4 is 0 Å². The molecule has 1 spiro atoms. The van der Waals surface area contributed by atoms with Crippen molar-refractivity contribution in [3.05, 3.63) is 41.7 Å². The lowest BCUT2D eigenvalue weighted by molar-refractivity contribution is -0.147. The molecule has 3 heterocycles. The van der Waals surface area contributed by atoms with Gasteiger partial charge in [-0.25, -0.2) is 4.39 Å². The van der Waals surface area contributed by atoms with Gasteiger partial charge in [0.1, 0.15) is 11.9 Å². The minimum Gasteiger partial charge on any atom is -0.462 e. The molecule has 6 rings (SSSR count). The van der Waals surface area contributed by atoms with Crippen molar-refractivity contribution in [3.63, 3.8) is 0 Å². The van der Waals surface area contributed by atoms with Crippen molar-refractivity contribution in [1.82, 2.24) is 4.90 Å². The summed E-state index contributed by atoms with van der Waals surface area (Å²) in [6.45, 7) is 5.86. The molecule has 6 atom stereocenters. The van der Waals surface area contributed by atoms with E-state index in [1.54, 1.807) is 0 Å². The van der Waals surface area contributed by atoms with E-state index < -0.39 is 0 Å². The van der Waals surface area contributed by atoms with E-state index in [1.807, 2.05) is 12.1 Å². The lowest BCUT2D eigenvalue weighted by Gasteiger charge is -2.51. The third kappa shape index (κ3) is 3.36. The molecule has 0 bridgehead atoms. The number of hydrogen-bond donors (Lipinski definition) is 0. The lowest BCUT2D eigenvalue weighted by Crippen LogP contribution is -2.51. The number of hydrogen-bond acceptors (Lipinski definition) is 4. The monoisotopic (exact) mass is 425 g/mol. The van der Waals surface area contributed by atoms with E-state index in [0.29, 0.717) is 11.8 Å². The van der Waals surface area contributed by atoms with Crippen molar-refractivity contribution in [3.8, 4) is 0 Å². The highest BCUT2D eigenvalue weighted by Crippen LogP contribution is 2.62. The quantitative estimate of drug-likeness (QED) is 0.530. The molecule has 4 fully saturated rings. The van der Waals surface area contributed by atoms with Crippen LogP contribution in [0.5, 0.6) is 0 Å². The topological polar surface area (TPSA) is 42.1 Å². The van der Waals surface area contributed by atoms with Crippen LogP contribution >= 0.6 is 0 Å². The highest BCUT2D eigenvalue weighted by atomic mass is 19.1. The standard InChI is InChI=1S/C26H32FNO3/c1-25-9-2-10-26(16-30-26)23(25)13-20-21(24(29)31-22(20)14-25)15-28-11-7-18(8-12-28)17-3-5-19(27)6-4-17/h3-7,20-23H,2,8-16H2,1H3/t20-,21-,22-,23-,25-,26+/m1/s1. The number of benzene rings is 1. The van der Waals surface area contributed by atoms with Gasteiger partial charge in [-0.3, -0.25) is 9.69 Å². The molecule has 31 heavy (non-hydrogen) atoms. The molecule has 0 unspecified atom stereocenters. The summed E-state index contributed by atoms with van der Waals surface area (Å²) in [6.07, 6.45) is 8.98. The van der Waals surface area contributed by atoms with E-state index >= 15 is 0 Å². The number of rotatable bonds is 3. The molecule has 0 N–H and O–H groups in total. The van der Waals surface area contributed by atoms with Crippen LogP contribution in [-0.4, -0.2) is 48.8 Å². The second kappa shape index (κ2) is 7.14. The first-order valence-electron chi connectivity index (χ1n) is 12.0. The van der Waals surface area contributed by atoms with E-state index in [-0.39, 0.29) is 34.8 Å². The number of epoxide rings is 1. The Morgan fingerprint density at radius 3 is 2.74 bits per heavy atom. The van der Waals surface area contributed by atoms with E-state index in [9.17, 15) is 9.18 Å². The number of carbonyl (C=O) groups excluding carboxylic acids is 1. The molecule has 2 aliphatic carbocycles. The summed E-state index contributed by atoms with van der Waals surface area (Å²) in [5, 5.41) is 0. The van der Waals surface area contributed by atoms with E-state index in [1.165, 1.54) is 37.0 Å². The van der Waals surface area contributed by atoms with Crippen molar-refractivity contribution in [2.45, 2.75) is 57.2 Å². The average Bonchev–Trinajstić information content (AvgIpc) is 3.46. The molecule has 166 valence electrons. The number of halogens is 1. The molecule has 5 heteroatoms. The van der Waals surface area contributed by atoms with Crippen molar-refractivity contribution >= 4 is 11.5 Å². The van der Waals surface area contributed by atoms with Gasteiger partial charge < -0.3 is 9.47 Å². The summed E-state index contributed by atoms with van der Waals surface area (Å²) < 4.78 is 25.2. The first-order chi connectivity index (χ1) is 15.0. The third-order valence-corrected chi connectivity index (χ3v) is 9.04. The number of nitrogens with zero attached hydrogens (tertiary/aromatic N) is 1. The zero-order valence-corrected chi connectivity index (χ0v) is 18.3. The maximum absolute atomic E-state index is 13.2. The van der Waals surface area contributed by atoms with Crippen molar-refractivity contribution in [2.24, 2.45) is 23.2 Å². The summed E-state index contributed by atoms with van der Waals surface area (Å²) in [5.74, 6) is 0.686. The van der Waals surface area contributed by atoms with Gasteiger partial charge in [0.25, 0.3) is 0 Å². The minimum absolute atomic E-state index is 0.0105. The van der Waals surface area contributed by atoms with Gasteiger partial charge in [0.05, 0.1) is 18.1 Å². The fourth-order valence-electron chi connectivity index (χ4n) is 7.25. The minimum atomic E-state index is -0.198. The molecule has 0 radical (unpaired) electrons. The van der Waals surface area contributed by atoms with Crippen LogP contribution in [-0.2, 0) is 14.3 Å². The molecule has 0 aromatic heterocycles. The third-order valence-electron chi connectivity index (χ3n) is 9.04.